The molecular weight excluding hydrogens is 224 g/mol. The fourth-order valence-electron chi connectivity index (χ4n) is 1.75. The first kappa shape index (κ1) is 12.6. The maximum Gasteiger partial charge on any atom is 0.219 e. The standard InChI is InChI=1S/C15H18N2O/c1-10-4-6-14(11(2)8-10)18-15-7-5-13(9-17-15)12(3)16/h4-9,12H,16H2,1-3H3/t12-/m0/s1. The summed E-state index contributed by atoms with van der Waals surface area (Å²) in [5, 5.41) is 0. The summed E-state index contributed by atoms with van der Waals surface area (Å²) >= 11 is 0. The van der Waals surface area contributed by atoms with Crippen LogP contribution in [0.4, 0.5) is 0 Å². The molecule has 2 aromatic rings. The number of hydrogen-bond acceptors (Lipinski definition) is 3. The van der Waals surface area contributed by atoms with Crippen molar-refractivity contribution in [2.45, 2.75) is 26.8 Å². The molecule has 0 aliphatic heterocycles. The summed E-state index contributed by atoms with van der Waals surface area (Å²) in [6.45, 7) is 6.02. The third kappa shape index (κ3) is 2.87. The second kappa shape index (κ2) is 5.19. The van der Waals surface area contributed by atoms with E-state index < -0.39 is 0 Å². The van der Waals surface area contributed by atoms with Gasteiger partial charge in [0.25, 0.3) is 0 Å². The lowest BCUT2D eigenvalue weighted by Crippen LogP contribution is -2.05. The van der Waals surface area contributed by atoms with E-state index in [0.29, 0.717) is 5.88 Å². The van der Waals surface area contributed by atoms with Crippen LogP contribution in [0.1, 0.15) is 29.7 Å². The minimum Gasteiger partial charge on any atom is -0.439 e. The number of aromatic nitrogens is 1. The highest BCUT2D eigenvalue weighted by molar-refractivity contribution is 5.38. The Morgan fingerprint density at radius 2 is 1.94 bits per heavy atom. The van der Waals surface area contributed by atoms with Crippen LogP contribution in [0.5, 0.6) is 11.6 Å². The highest BCUT2D eigenvalue weighted by atomic mass is 16.5. The monoisotopic (exact) mass is 242 g/mol. The molecule has 2 N–H and O–H groups in total. The lowest BCUT2D eigenvalue weighted by molar-refractivity contribution is 0.458. The van der Waals surface area contributed by atoms with Gasteiger partial charge in [-0.1, -0.05) is 23.8 Å². The van der Waals surface area contributed by atoms with Crippen LogP contribution < -0.4 is 10.5 Å². The van der Waals surface area contributed by atoms with Gasteiger partial charge in [0.05, 0.1) is 0 Å². The molecule has 0 aliphatic rings. The first-order chi connectivity index (χ1) is 8.56. The van der Waals surface area contributed by atoms with Gasteiger partial charge in [-0.15, -0.1) is 0 Å². The minimum atomic E-state index is -0.00680. The van der Waals surface area contributed by atoms with Crippen molar-refractivity contribution in [3.8, 4) is 11.6 Å². The predicted octanol–water partition coefficient (Wildman–Crippen LogP) is 3.51. The molecule has 3 heteroatoms. The molecule has 2 rings (SSSR count). The first-order valence-electron chi connectivity index (χ1n) is 6.03. The van der Waals surface area contributed by atoms with Gasteiger partial charge >= 0.3 is 0 Å². The number of ether oxygens (including phenoxy) is 1. The molecule has 0 spiro atoms. The van der Waals surface area contributed by atoms with Crippen LogP contribution in [-0.2, 0) is 0 Å². The molecule has 94 valence electrons. The number of benzene rings is 1. The van der Waals surface area contributed by atoms with Gasteiger partial charge in [0, 0.05) is 18.3 Å². The summed E-state index contributed by atoms with van der Waals surface area (Å²) in [4.78, 5) is 4.26. The Balaban J connectivity index is 2.18. The molecular formula is C15H18N2O. The molecule has 0 saturated heterocycles. The van der Waals surface area contributed by atoms with Gasteiger partial charge in [-0.2, -0.15) is 0 Å². The zero-order chi connectivity index (χ0) is 13.1. The Morgan fingerprint density at radius 3 is 2.50 bits per heavy atom. The highest BCUT2D eigenvalue weighted by Gasteiger charge is 2.04. The van der Waals surface area contributed by atoms with Crippen LogP contribution in [0.3, 0.4) is 0 Å². The lowest BCUT2D eigenvalue weighted by atomic mass is 10.1. The molecule has 0 bridgehead atoms. The van der Waals surface area contributed by atoms with Crippen molar-refractivity contribution in [1.82, 2.24) is 4.98 Å². The molecule has 1 aromatic carbocycles. The summed E-state index contributed by atoms with van der Waals surface area (Å²) in [5.41, 5.74) is 9.11. The maximum atomic E-state index is 5.78. The van der Waals surface area contributed by atoms with Crippen molar-refractivity contribution in [3.05, 3.63) is 53.2 Å². The molecule has 0 aliphatic carbocycles. The Bertz CT molecular complexity index is 533. The van der Waals surface area contributed by atoms with Crippen molar-refractivity contribution < 1.29 is 4.74 Å². The quantitative estimate of drug-likeness (QED) is 0.896. The third-order valence-corrected chi connectivity index (χ3v) is 2.83. The summed E-state index contributed by atoms with van der Waals surface area (Å²) in [7, 11) is 0. The average Bonchev–Trinajstić information content (AvgIpc) is 2.33. The number of aryl methyl sites for hydroxylation is 2. The van der Waals surface area contributed by atoms with E-state index in [-0.39, 0.29) is 6.04 Å². The van der Waals surface area contributed by atoms with Crippen LogP contribution in [-0.4, -0.2) is 4.98 Å². The second-order valence-corrected chi connectivity index (χ2v) is 4.59. The smallest absolute Gasteiger partial charge is 0.219 e. The van der Waals surface area contributed by atoms with Gasteiger partial charge in [-0.05, 0) is 38.0 Å². The molecule has 0 amide bonds. The van der Waals surface area contributed by atoms with Crippen LogP contribution >= 0.6 is 0 Å². The van der Waals surface area contributed by atoms with Crippen LogP contribution in [0, 0.1) is 13.8 Å². The zero-order valence-electron chi connectivity index (χ0n) is 11.0. The summed E-state index contributed by atoms with van der Waals surface area (Å²) in [5.74, 6) is 1.42. The van der Waals surface area contributed by atoms with E-state index in [2.05, 4.69) is 18.0 Å². The van der Waals surface area contributed by atoms with E-state index in [9.17, 15) is 0 Å². The highest BCUT2D eigenvalue weighted by Crippen LogP contribution is 2.24. The fraction of sp³-hybridized carbons (Fsp3) is 0.267. The van der Waals surface area contributed by atoms with Gasteiger partial charge in [0.2, 0.25) is 5.88 Å². The molecule has 0 fully saturated rings. The summed E-state index contributed by atoms with van der Waals surface area (Å²) < 4.78 is 5.75. The molecule has 0 saturated carbocycles. The minimum absolute atomic E-state index is 0.00680. The van der Waals surface area contributed by atoms with Crippen molar-refractivity contribution in [1.29, 1.82) is 0 Å². The Hall–Kier alpha value is -1.87. The zero-order valence-corrected chi connectivity index (χ0v) is 11.0. The number of pyridine rings is 1. The SMILES string of the molecule is Cc1ccc(Oc2ccc([C@H](C)N)cn2)c(C)c1. The first-order valence-corrected chi connectivity index (χ1v) is 6.03. The lowest BCUT2D eigenvalue weighted by Gasteiger charge is -2.10. The summed E-state index contributed by atoms with van der Waals surface area (Å²) in [6.07, 6.45) is 1.75. The molecule has 1 atom stereocenters. The van der Waals surface area contributed by atoms with Crippen LogP contribution in [0.25, 0.3) is 0 Å². The van der Waals surface area contributed by atoms with Crippen molar-refractivity contribution >= 4 is 0 Å². The van der Waals surface area contributed by atoms with Crippen LogP contribution in [0.15, 0.2) is 36.5 Å². The van der Waals surface area contributed by atoms with E-state index in [1.165, 1.54) is 5.56 Å². The van der Waals surface area contributed by atoms with Crippen molar-refractivity contribution in [2.75, 3.05) is 0 Å². The number of nitrogens with zero attached hydrogens (tertiary/aromatic N) is 1. The van der Waals surface area contributed by atoms with Gasteiger partial charge in [-0.3, -0.25) is 0 Å². The topological polar surface area (TPSA) is 48.1 Å². The normalized spacial score (nSPS) is 12.2. The van der Waals surface area contributed by atoms with Gasteiger partial charge in [0.1, 0.15) is 5.75 Å². The second-order valence-electron chi connectivity index (χ2n) is 4.59. The molecule has 3 nitrogen and oxygen atoms in total. The summed E-state index contributed by atoms with van der Waals surface area (Å²) in [6, 6.07) is 9.86. The van der Waals surface area contributed by atoms with Gasteiger partial charge in [-0.25, -0.2) is 4.98 Å². The van der Waals surface area contributed by atoms with Gasteiger partial charge in [0.15, 0.2) is 0 Å². The number of hydrogen-bond donors (Lipinski definition) is 1. The average molecular weight is 242 g/mol. The molecule has 0 radical (unpaired) electrons. The third-order valence-electron chi connectivity index (χ3n) is 2.83. The number of rotatable bonds is 3. The van der Waals surface area contributed by atoms with E-state index in [1.54, 1.807) is 6.20 Å². The predicted molar refractivity (Wildman–Crippen MR) is 72.8 cm³/mol. The Labute approximate surface area is 108 Å². The van der Waals surface area contributed by atoms with Crippen molar-refractivity contribution in [3.63, 3.8) is 0 Å². The molecule has 1 heterocycles. The fourth-order valence-corrected chi connectivity index (χ4v) is 1.75. The molecule has 1 aromatic heterocycles. The van der Waals surface area contributed by atoms with E-state index in [0.717, 1.165) is 16.9 Å². The molecule has 0 unspecified atom stereocenters. The van der Waals surface area contributed by atoms with Crippen molar-refractivity contribution in [2.24, 2.45) is 5.73 Å². The largest absolute Gasteiger partial charge is 0.439 e. The van der Waals surface area contributed by atoms with Crippen LogP contribution in [0.2, 0.25) is 0 Å². The van der Waals surface area contributed by atoms with E-state index >= 15 is 0 Å². The van der Waals surface area contributed by atoms with E-state index in [4.69, 9.17) is 10.5 Å². The maximum absolute atomic E-state index is 5.78. The number of nitrogens with two attached hydrogens (primary N) is 1. The van der Waals surface area contributed by atoms with Gasteiger partial charge < -0.3 is 10.5 Å². The van der Waals surface area contributed by atoms with E-state index in [1.807, 2.05) is 38.1 Å². The molecule has 18 heavy (non-hydrogen) atoms. The Morgan fingerprint density at radius 1 is 1.17 bits per heavy atom. The Kier molecular flexibility index (Phi) is 3.63.